The van der Waals surface area contributed by atoms with Crippen LogP contribution in [0.25, 0.3) is 0 Å². The minimum atomic E-state index is -0.505. The first kappa shape index (κ1) is 17.5. The Bertz CT molecular complexity index is 695. The molecule has 0 aromatic heterocycles. The SMILES string of the molecule is CCc1ccc(C(=O)OCC(=O)NCc2cccc(OC)c2)cc1. The highest BCUT2D eigenvalue weighted by Gasteiger charge is 2.10. The zero-order valence-corrected chi connectivity index (χ0v) is 13.9. The van der Waals surface area contributed by atoms with E-state index in [4.69, 9.17) is 9.47 Å². The van der Waals surface area contributed by atoms with Gasteiger partial charge >= 0.3 is 5.97 Å². The van der Waals surface area contributed by atoms with Gasteiger partial charge in [-0.3, -0.25) is 4.79 Å². The van der Waals surface area contributed by atoms with Gasteiger partial charge in [-0.2, -0.15) is 0 Å². The van der Waals surface area contributed by atoms with Crippen molar-refractivity contribution in [1.82, 2.24) is 5.32 Å². The summed E-state index contributed by atoms with van der Waals surface area (Å²) in [7, 11) is 1.59. The zero-order valence-electron chi connectivity index (χ0n) is 13.9. The average molecular weight is 327 g/mol. The lowest BCUT2D eigenvalue weighted by molar-refractivity contribution is -0.124. The highest BCUT2D eigenvalue weighted by atomic mass is 16.5. The lowest BCUT2D eigenvalue weighted by Gasteiger charge is -2.08. The third kappa shape index (κ3) is 5.12. The first-order valence-electron chi connectivity index (χ1n) is 7.78. The third-order valence-electron chi connectivity index (χ3n) is 3.56. The molecule has 0 fully saturated rings. The van der Waals surface area contributed by atoms with Gasteiger partial charge in [0.15, 0.2) is 6.61 Å². The van der Waals surface area contributed by atoms with E-state index in [1.165, 1.54) is 0 Å². The van der Waals surface area contributed by atoms with Gasteiger partial charge in [-0.25, -0.2) is 4.79 Å². The van der Waals surface area contributed by atoms with Crippen LogP contribution in [-0.2, 0) is 22.5 Å². The highest BCUT2D eigenvalue weighted by molar-refractivity contribution is 5.91. The summed E-state index contributed by atoms with van der Waals surface area (Å²) in [5.74, 6) is -0.130. The van der Waals surface area contributed by atoms with Crippen LogP contribution in [0.4, 0.5) is 0 Å². The van der Waals surface area contributed by atoms with E-state index >= 15 is 0 Å². The van der Waals surface area contributed by atoms with E-state index in [1.54, 1.807) is 19.2 Å². The Balaban J connectivity index is 1.78. The average Bonchev–Trinajstić information content (AvgIpc) is 2.64. The number of benzene rings is 2. The number of nitrogens with one attached hydrogen (secondary N) is 1. The summed E-state index contributed by atoms with van der Waals surface area (Å²) in [4.78, 5) is 23.7. The summed E-state index contributed by atoms with van der Waals surface area (Å²) in [5.41, 5.74) is 2.49. The molecule has 0 atom stereocenters. The van der Waals surface area contributed by atoms with Crippen LogP contribution >= 0.6 is 0 Å². The van der Waals surface area contributed by atoms with Crippen molar-refractivity contribution in [3.05, 3.63) is 65.2 Å². The van der Waals surface area contributed by atoms with Gasteiger partial charge in [0.1, 0.15) is 5.75 Å². The molecule has 2 rings (SSSR count). The summed E-state index contributed by atoms with van der Waals surface area (Å²) in [5, 5.41) is 2.70. The van der Waals surface area contributed by atoms with Crippen LogP contribution in [0.15, 0.2) is 48.5 Å². The standard InChI is InChI=1S/C19H21NO4/c1-3-14-7-9-16(10-8-14)19(22)24-13-18(21)20-12-15-5-4-6-17(11-15)23-2/h4-11H,3,12-13H2,1-2H3,(H,20,21). The Morgan fingerprint density at radius 2 is 1.79 bits per heavy atom. The Morgan fingerprint density at radius 3 is 2.46 bits per heavy atom. The van der Waals surface area contributed by atoms with E-state index in [0.29, 0.717) is 12.1 Å². The lowest BCUT2D eigenvalue weighted by atomic mass is 10.1. The first-order valence-corrected chi connectivity index (χ1v) is 7.78. The number of esters is 1. The van der Waals surface area contributed by atoms with E-state index in [9.17, 15) is 9.59 Å². The number of amides is 1. The fraction of sp³-hybridized carbons (Fsp3) is 0.263. The zero-order chi connectivity index (χ0) is 17.4. The van der Waals surface area contributed by atoms with E-state index in [2.05, 4.69) is 5.32 Å². The van der Waals surface area contributed by atoms with Crippen LogP contribution in [0, 0.1) is 0 Å². The summed E-state index contributed by atoms with van der Waals surface area (Å²) >= 11 is 0. The number of rotatable bonds is 7. The third-order valence-corrected chi connectivity index (χ3v) is 3.56. The maximum atomic E-state index is 11.9. The Kier molecular flexibility index (Phi) is 6.37. The molecule has 0 aliphatic rings. The smallest absolute Gasteiger partial charge is 0.338 e. The minimum Gasteiger partial charge on any atom is -0.497 e. The molecule has 0 spiro atoms. The molecule has 0 aliphatic heterocycles. The van der Waals surface area contributed by atoms with Crippen LogP contribution in [0.1, 0.15) is 28.4 Å². The van der Waals surface area contributed by atoms with Crippen molar-refractivity contribution in [2.24, 2.45) is 0 Å². The maximum Gasteiger partial charge on any atom is 0.338 e. The van der Waals surface area contributed by atoms with Crippen molar-refractivity contribution in [3.63, 3.8) is 0 Å². The summed E-state index contributed by atoms with van der Waals surface area (Å²) < 4.78 is 10.1. The lowest BCUT2D eigenvalue weighted by Crippen LogP contribution is -2.28. The van der Waals surface area contributed by atoms with Crippen molar-refractivity contribution in [1.29, 1.82) is 0 Å². The van der Waals surface area contributed by atoms with Crippen molar-refractivity contribution < 1.29 is 19.1 Å². The highest BCUT2D eigenvalue weighted by Crippen LogP contribution is 2.12. The second-order valence-electron chi connectivity index (χ2n) is 5.25. The molecule has 0 bridgehead atoms. The van der Waals surface area contributed by atoms with Gasteiger partial charge in [-0.05, 0) is 41.8 Å². The number of aryl methyl sites for hydroxylation is 1. The summed E-state index contributed by atoms with van der Waals surface area (Å²) in [6.07, 6.45) is 0.905. The fourth-order valence-electron chi connectivity index (χ4n) is 2.13. The molecule has 0 aliphatic carbocycles. The number of ether oxygens (including phenoxy) is 2. The largest absolute Gasteiger partial charge is 0.497 e. The van der Waals surface area contributed by atoms with Crippen LogP contribution < -0.4 is 10.1 Å². The molecule has 0 saturated carbocycles. The molecule has 1 N–H and O–H groups in total. The van der Waals surface area contributed by atoms with E-state index in [-0.39, 0.29) is 12.5 Å². The molecule has 2 aromatic rings. The molecule has 0 heterocycles. The van der Waals surface area contributed by atoms with Crippen molar-refractivity contribution >= 4 is 11.9 Å². The fourth-order valence-corrected chi connectivity index (χ4v) is 2.13. The molecule has 5 nitrogen and oxygen atoms in total. The minimum absolute atomic E-state index is 0.307. The molecule has 0 radical (unpaired) electrons. The number of methoxy groups -OCH3 is 1. The van der Waals surface area contributed by atoms with E-state index < -0.39 is 5.97 Å². The van der Waals surface area contributed by atoms with Crippen LogP contribution in [0.2, 0.25) is 0 Å². The molecule has 0 saturated heterocycles. The first-order chi connectivity index (χ1) is 11.6. The second-order valence-corrected chi connectivity index (χ2v) is 5.25. The monoisotopic (exact) mass is 327 g/mol. The van der Waals surface area contributed by atoms with Crippen molar-refractivity contribution in [2.75, 3.05) is 13.7 Å². The van der Waals surface area contributed by atoms with Gasteiger partial charge in [-0.1, -0.05) is 31.2 Å². The molecule has 126 valence electrons. The van der Waals surface area contributed by atoms with Crippen LogP contribution in [0.3, 0.4) is 0 Å². The van der Waals surface area contributed by atoms with Crippen LogP contribution in [0.5, 0.6) is 5.75 Å². The molecular weight excluding hydrogens is 306 g/mol. The number of carbonyl (C=O) groups is 2. The Morgan fingerprint density at radius 1 is 1.04 bits per heavy atom. The molecule has 0 unspecified atom stereocenters. The van der Waals surface area contributed by atoms with Gasteiger partial charge in [0.2, 0.25) is 0 Å². The summed E-state index contributed by atoms with van der Waals surface area (Å²) in [6, 6.07) is 14.5. The van der Waals surface area contributed by atoms with E-state index in [1.807, 2.05) is 43.3 Å². The van der Waals surface area contributed by atoms with Gasteiger partial charge < -0.3 is 14.8 Å². The van der Waals surface area contributed by atoms with E-state index in [0.717, 1.165) is 23.3 Å². The Labute approximate surface area is 141 Å². The molecule has 5 heteroatoms. The molecule has 2 aromatic carbocycles. The normalized spacial score (nSPS) is 10.1. The number of hydrogen-bond donors (Lipinski definition) is 1. The van der Waals surface area contributed by atoms with Crippen LogP contribution in [-0.4, -0.2) is 25.6 Å². The predicted molar refractivity (Wildman–Crippen MR) is 90.9 cm³/mol. The number of carbonyl (C=O) groups excluding carboxylic acids is 2. The molecule has 24 heavy (non-hydrogen) atoms. The second kappa shape index (κ2) is 8.72. The molecule has 1 amide bonds. The van der Waals surface area contributed by atoms with Crippen molar-refractivity contribution in [2.45, 2.75) is 19.9 Å². The quantitative estimate of drug-likeness (QED) is 0.794. The molecular formula is C19H21NO4. The van der Waals surface area contributed by atoms with Gasteiger partial charge in [0, 0.05) is 6.54 Å². The summed E-state index contributed by atoms with van der Waals surface area (Å²) in [6.45, 7) is 2.08. The maximum absolute atomic E-state index is 11.9. The number of hydrogen-bond acceptors (Lipinski definition) is 4. The van der Waals surface area contributed by atoms with Gasteiger partial charge in [-0.15, -0.1) is 0 Å². The topological polar surface area (TPSA) is 64.6 Å². The van der Waals surface area contributed by atoms with Gasteiger partial charge in [0.25, 0.3) is 5.91 Å². The Hall–Kier alpha value is -2.82. The van der Waals surface area contributed by atoms with Crippen molar-refractivity contribution in [3.8, 4) is 5.75 Å². The predicted octanol–water partition coefficient (Wildman–Crippen LogP) is 2.73. The van der Waals surface area contributed by atoms with Gasteiger partial charge in [0.05, 0.1) is 12.7 Å².